The van der Waals surface area contributed by atoms with Gasteiger partial charge in [0.25, 0.3) is 0 Å². The fourth-order valence-corrected chi connectivity index (χ4v) is 3.03. The first-order valence-corrected chi connectivity index (χ1v) is 7.74. The van der Waals surface area contributed by atoms with Gasteiger partial charge in [0.1, 0.15) is 5.75 Å². The largest absolute Gasteiger partial charge is 0.497 e. The van der Waals surface area contributed by atoms with Crippen LogP contribution in [0.4, 0.5) is 0 Å². The van der Waals surface area contributed by atoms with Crippen LogP contribution in [0.1, 0.15) is 43.7 Å². The summed E-state index contributed by atoms with van der Waals surface area (Å²) in [5.41, 5.74) is 1.32. The molecule has 112 valence electrons. The maximum Gasteiger partial charge on any atom is 0.119 e. The van der Waals surface area contributed by atoms with Crippen molar-refractivity contribution in [1.82, 2.24) is 10.2 Å². The van der Waals surface area contributed by atoms with E-state index in [9.17, 15) is 0 Å². The zero-order valence-electron chi connectivity index (χ0n) is 13.1. The van der Waals surface area contributed by atoms with Gasteiger partial charge in [0, 0.05) is 18.6 Å². The van der Waals surface area contributed by atoms with Gasteiger partial charge in [-0.15, -0.1) is 0 Å². The molecule has 1 saturated carbocycles. The lowest BCUT2D eigenvalue weighted by Crippen LogP contribution is -2.38. The van der Waals surface area contributed by atoms with Gasteiger partial charge in [0.05, 0.1) is 7.11 Å². The highest BCUT2D eigenvalue weighted by atomic mass is 16.5. The molecule has 0 aromatic heterocycles. The van der Waals surface area contributed by atoms with E-state index in [4.69, 9.17) is 4.74 Å². The molecule has 3 nitrogen and oxygen atoms in total. The van der Waals surface area contributed by atoms with Gasteiger partial charge in [-0.05, 0) is 44.6 Å². The Bertz CT molecular complexity index is 400. The number of nitrogens with zero attached hydrogens (tertiary/aromatic N) is 1. The molecule has 1 unspecified atom stereocenters. The predicted molar refractivity (Wildman–Crippen MR) is 84.3 cm³/mol. The van der Waals surface area contributed by atoms with Crippen LogP contribution in [0.15, 0.2) is 24.3 Å². The number of rotatable bonds is 6. The maximum absolute atomic E-state index is 5.34. The Labute approximate surface area is 123 Å². The molecule has 0 radical (unpaired) electrons. The molecule has 3 heteroatoms. The van der Waals surface area contributed by atoms with E-state index < -0.39 is 0 Å². The molecule has 0 spiro atoms. The van der Waals surface area contributed by atoms with Crippen molar-refractivity contribution < 1.29 is 4.74 Å². The minimum absolute atomic E-state index is 0.395. The van der Waals surface area contributed by atoms with Crippen LogP contribution in [0.5, 0.6) is 5.75 Å². The molecule has 0 aliphatic heterocycles. The molecule has 1 fully saturated rings. The van der Waals surface area contributed by atoms with E-state index >= 15 is 0 Å². The lowest BCUT2D eigenvalue weighted by atomic mass is 9.95. The number of nitrogens with one attached hydrogen (secondary N) is 1. The minimum Gasteiger partial charge on any atom is -0.497 e. The number of benzene rings is 1. The average molecular weight is 276 g/mol. The Morgan fingerprint density at radius 2 is 2.00 bits per heavy atom. The molecule has 1 aliphatic carbocycles. The van der Waals surface area contributed by atoms with Crippen molar-refractivity contribution in [2.45, 2.75) is 44.2 Å². The highest BCUT2D eigenvalue weighted by molar-refractivity contribution is 5.30. The summed E-state index contributed by atoms with van der Waals surface area (Å²) >= 11 is 0. The number of methoxy groups -OCH3 is 1. The summed E-state index contributed by atoms with van der Waals surface area (Å²) in [6, 6.07) is 9.52. The molecule has 1 aromatic carbocycles. The fourth-order valence-electron chi connectivity index (χ4n) is 3.03. The summed E-state index contributed by atoms with van der Waals surface area (Å²) < 4.78 is 5.34. The quantitative estimate of drug-likeness (QED) is 0.863. The fraction of sp³-hybridized carbons (Fsp3) is 0.647. The molecule has 0 heterocycles. The van der Waals surface area contributed by atoms with Crippen LogP contribution < -0.4 is 10.1 Å². The van der Waals surface area contributed by atoms with E-state index in [0.29, 0.717) is 12.1 Å². The molecule has 20 heavy (non-hydrogen) atoms. The van der Waals surface area contributed by atoms with E-state index in [2.05, 4.69) is 42.5 Å². The number of hydrogen-bond acceptors (Lipinski definition) is 3. The zero-order chi connectivity index (χ0) is 14.4. The molecule has 1 aromatic rings. The molecule has 0 bridgehead atoms. The molecule has 2 rings (SSSR count). The standard InChI is InChI=1S/C17H28N2O/c1-19(2)17(13-18-15-9-5-4-6-10-15)14-8-7-11-16(12-14)20-3/h7-8,11-12,15,17-18H,4-6,9-10,13H2,1-3H3. The molecular weight excluding hydrogens is 248 g/mol. The topological polar surface area (TPSA) is 24.5 Å². The van der Waals surface area contributed by atoms with Gasteiger partial charge >= 0.3 is 0 Å². The van der Waals surface area contributed by atoms with Crippen LogP contribution in [-0.2, 0) is 0 Å². The second kappa shape index (κ2) is 7.65. The van der Waals surface area contributed by atoms with E-state index in [1.54, 1.807) is 7.11 Å². The molecule has 0 saturated heterocycles. The Balaban J connectivity index is 1.98. The van der Waals surface area contributed by atoms with Crippen molar-refractivity contribution >= 4 is 0 Å². The van der Waals surface area contributed by atoms with Crippen LogP contribution in [0, 0.1) is 0 Å². The third-order valence-corrected chi connectivity index (χ3v) is 4.31. The van der Waals surface area contributed by atoms with Gasteiger partial charge in [-0.2, -0.15) is 0 Å². The summed E-state index contributed by atoms with van der Waals surface area (Å²) in [5.74, 6) is 0.937. The van der Waals surface area contributed by atoms with Crippen molar-refractivity contribution in [1.29, 1.82) is 0 Å². The summed E-state index contributed by atoms with van der Waals surface area (Å²) in [5, 5.41) is 3.76. The normalized spacial score (nSPS) is 18.2. The monoisotopic (exact) mass is 276 g/mol. The van der Waals surface area contributed by atoms with Crippen LogP contribution in [0.3, 0.4) is 0 Å². The molecule has 1 atom stereocenters. The van der Waals surface area contributed by atoms with Crippen LogP contribution >= 0.6 is 0 Å². The lowest BCUT2D eigenvalue weighted by Gasteiger charge is -2.29. The van der Waals surface area contributed by atoms with Crippen LogP contribution in [0.25, 0.3) is 0 Å². The van der Waals surface area contributed by atoms with E-state index in [0.717, 1.165) is 12.3 Å². The highest BCUT2D eigenvalue weighted by Crippen LogP contribution is 2.23. The van der Waals surface area contributed by atoms with Crippen molar-refractivity contribution in [3.63, 3.8) is 0 Å². The third kappa shape index (κ3) is 4.22. The number of ether oxygens (including phenoxy) is 1. The van der Waals surface area contributed by atoms with Crippen LogP contribution in [0.2, 0.25) is 0 Å². The first-order chi connectivity index (χ1) is 9.70. The third-order valence-electron chi connectivity index (χ3n) is 4.31. The predicted octanol–water partition coefficient (Wildman–Crippen LogP) is 3.22. The highest BCUT2D eigenvalue weighted by Gasteiger charge is 2.18. The first-order valence-electron chi connectivity index (χ1n) is 7.74. The summed E-state index contributed by atoms with van der Waals surface area (Å²) in [7, 11) is 6.02. The smallest absolute Gasteiger partial charge is 0.119 e. The molecule has 1 aliphatic rings. The summed E-state index contributed by atoms with van der Waals surface area (Å²) in [4.78, 5) is 2.28. The molecular formula is C17H28N2O. The maximum atomic E-state index is 5.34. The van der Waals surface area contributed by atoms with Gasteiger partial charge < -0.3 is 15.0 Å². The summed E-state index contributed by atoms with van der Waals surface area (Å²) in [6.45, 7) is 1.00. The second-order valence-corrected chi connectivity index (χ2v) is 6.00. The second-order valence-electron chi connectivity index (χ2n) is 6.00. The van der Waals surface area contributed by atoms with Gasteiger partial charge in [-0.25, -0.2) is 0 Å². The molecule has 0 amide bonds. The van der Waals surface area contributed by atoms with E-state index in [-0.39, 0.29) is 0 Å². The zero-order valence-corrected chi connectivity index (χ0v) is 13.1. The van der Waals surface area contributed by atoms with Crippen molar-refractivity contribution in [2.24, 2.45) is 0 Å². The number of likely N-dealkylation sites (N-methyl/N-ethyl adjacent to an activating group) is 1. The Hall–Kier alpha value is -1.06. The Morgan fingerprint density at radius 1 is 1.25 bits per heavy atom. The molecule has 1 N–H and O–H groups in total. The first kappa shape index (κ1) is 15.3. The van der Waals surface area contributed by atoms with Crippen LogP contribution in [-0.4, -0.2) is 38.7 Å². The lowest BCUT2D eigenvalue weighted by molar-refractivity contribution is 0.265. The average Bonchev–Trinajstić information content (AvgIpc) is 2.48. The van der Waals surface area contributed by atoms with Crippen molar-refractivity contribution in [3.05, 3.63) is 29.8 Å². The van der Waals surface area contributed by atoms with Gasteiger partial charge in [0.15, 0.2) is 0 Å². The Kier molecular flexibility index (Phi) is 5.86. The van der Waals surface area contributed by atoms with Crippen molar-refractivity contribution in [2.75, 3.05) is 27.7 Å². The van der Waals surface area contributed by atoms with Gasteiger partial charge in [-0.3, -0.25) is 0 Å². The van der Waals surface area contributed by atoms with Gasteiger partial charge in [-0.1, -0.05) is 31.4 Å². The minimum atomic E-state index is 0.395. The summed E-state index contributed by atoms with van der Waals surface area (Å²) in [6.07, 6.45) is 6.83. The Morgan fingerprint density at radius 3 is 2.65 bits per heavy atom. The number of hydrogen-bond donors (Lipinski definition) is 1. The van der Waals surface area contributed by atoms with E-state index in [1.165, 1.54) is 37.7 Å². The SMILES string of the molecule is COc1cccc(C(CNC2CCCCC2)N(C)C)c1. The van der Waals surface area contributed by atoms with Crippen molar-refractivity contribution in [3.8, 4) is 5.75 Å². The van der Waals surface area contributed by atoms with Gasteiger partial charge in [0.2, 0.25) is 0 Å². The van der Waals surface area contributed by atoms with E-state index in [1.807, 2.05) is 6.07 Å².